The standard InChI is InChI=1S/C17H19NO6S2/c1-9-7-11(22-2)15(24-4)14(23-3)10(9)8-12-16(21)18(17(25)26-12)6-5-13(19)20/h7-8H,5-6H2,1-4H3,(H,19,20). The fourth-order valence-electron chi connectivity index (χ4n) is 2.51. The second-order valence-corrected chi connectivity index (χ2v) is 7.03. The fraction of sp³-hybridized carbons (Fsp3) is 0.353. The maximum absolute atomic E-state index is 12.6. The van der Waals surface area contributed by atoms with E-state index in [1.165, 1.54) is 26.2 Å². The smallest absolute Gasteiger partial charge is 0.305 e. The van der Waals surface area contributed by atoms with Gasteiger partial charge in [-0.15, -0.1) is 0 Å². The highest BCUT2D eigenvalue weighted by Crippen LogP contribution is 2.44. The van der Waals surface area contributed by atoms with Crippen molar-refractivity contribution in [2.24, 2.45) is 0 Å². The number of carboxylic acid groups (broad SMARTS) is 1. The molecule has 1 fully saturated rings. The van der Waals surface area contributed by atoms with Crippen LogP contribution >= 0.6 is 24.0 Å². The molecule has 0 radical (unpaired) electrons. The van der Waals surface area contributed by atoms with Gasteiger partial charge in [0.25, 0.3) is 5.91 Å². The molecule has 0 spiro atoms. The highest BCUT2D eigenvalue weighted by atomic mass is 32.2. The lowest BCUT2D eigenvalue weighted by molar-refractivity contribution is -0.137. The third-order valence-electron chi connectivity index (χ3n) is 3.77. The number of rotatable bonds is 7. The van der Waals surface area contributed by atoms with Crippen molar-refractivity contribution in [1.29, 1.82) is 0 Å². The Bertz CT molecular complexity index is 790. The van der Waals surface area contributed by atoms with E-state index >= 15 is 0 Å². The lowest BCUT2D eigenvalue weighted by Gasteiger charge is -2.16. The summed E-state index contributed by atoms with van der Waals surface area (Å²) in [6.07, 6.45) is 1.51. The minimum Gasteiger partial charge on any atom is -0.493 e. The molecule has 1 aromatic rings. The van der Waals surface area contributed by atoms with Crippen molar-refractivity contribution in [3.63, 3.8) is 0 Å². The van der Waals surface area contributed by atoms with Crippen molar-refractivity contribution < 1.29 is 28.9 Å². The number of thiocarbonyl (C=S) groups is 1. The molecule has 2 rings (SSSR count). The summed E-state index contributed by atoms with van der Waals surface area (Å²) in [5, 5.41) is 8.81. The van der Waals surface area contributed by atoms with E-state index in [4.69, 9.17) is 31.5 Å². The molecule has 1 amide bonds. The maximum atomic E-state index is 12.6. The van der Waals surface area contributed by atoms with Crippen LogP contribution in [0.1, 0.15) is 17.5 Å². The van der Waals surface area contributed by atoms with Gasteiger partial charge in [-0.3, -0.25) is 14.5 Å². The number of carboxylic acids is 1. The summed E-state index contributed by atoms with van der Waals surface area (Å²) >= 11 is 6.33. The van der Waals surface area contributed by atoms with Gasteiger partial charge in [0.1, 0.15) is 4.32 Å². The summed E-state index contributed by atoms with van der Waals surface area (Å²) < 4.78 is 16.5. The van der Waals surface area contributed by atoms with E-state index in [2.05, 4.69) is 0 Å². The van der Waals surface area contributed by atoms with Crippen molar-refractivity contribution >= 4 is 46.3 Å². The number of carbonyl (C=O) groups excluding carboxylic acids is 1. The van der Waals surface area contributed by atoms with Gasteiger partial charge in [0.05, 0.1) is 32.7 Å². The van der Waals surface area contributed by atoms with Gasteiger partial charge >= 0.3 is 5.97 Å². The molecule has 9 heteroatoms. The van der Waals surface area contributed by atoms with E-state index < -0.39 is 5.97 Å². The molecule has 0 saturated carbocycles. The van der Waals surface area contributed by atoms with Crippen LogP contribution in [0.5, 0.6) is 17.2 Å². The molecule has 0 bridgehead atoms. The van der Waals surface area contributed by atoms with Crippen LogP contribution in [0.4, 0.5) is 0 Å². The number of hydrogen-bond acceptors (Lipinski definition) is 7. The largest absolute Gasteiger partial charge is 0.493 e. The Hall–Kier alpha value is -2.26. The Labute approximate surface area is 160 Å². The van der Waals surface area contributed by atoms with Gasteiger partial charge in [0.15, 0.2) is 11.5 Å². The summed E-state index contributed by atoms with van der Waals surface area (Å²) in [6, 6.07) is 1.79. The van der Waals surface area contributed by atoms with Crippen LogP contribution < -0.4 is 14.2 Å². The molecule has 1 aliphatic rings. The Morgan fingerprint density at radius 2 is 1.92 bits per heavy atom. The number of aliphatic carboxylic acids is 1. The molecule has 1 aliphatic heterocycles. The third-order valence-corrected chi connectivity index (χ3v) is 5.15. The van der Waals surface area contributed by atoms with Crippen LogP contribution in [0.25, 0.3) is 6.08 Å². The number of hydrogen-bond donors (Lipinski definition) is 1. The van der Waals surface area contributed by atoms with Crippen molar-refractivity contribution in [3.8, 4) is 17.2 Å². The minimum absolute atomic E-state index is 0.0411. The summed E-state index contributed by atoms with van der Waals surface area (Å²) in [5.74, 6) is 0.0827. The lowest BCUT2D eigenvalue weighted by Crippen LogP contribution is -2.30. The SMILES string of the molecule is COc1cc(C)c(C=C2SC(=S)N(CCC(=O)O)C2=O)c(OC)c1OC. The molecule has 0 aliphatic carbocycles. The molecule has 140 valence electrons. The monoisotopic (exact) mass is 397 g/mol. The summed E-state index contributed by atoms with van der Waals surface area (Å²) in [6.45, 7) is 1.90. The topological polar surface area (TPSA) is 85.3 Å². The number of methoxy groups -OCH3 is 3. The van der Waals surface area contributed by atoms with Crippen LogP contribution in [0.2, 0.25) is 0 Å². The van der Waals surface area contributed by atoms with Crippen molar-refractivity contribution in [1.82, 2.24) is 4.90 Å². The lowest BCUT2D eigenvalue weighted by atomic mass is 10.0. The second kappa shape index (κ2) is 8.41. The number of thioether (sulfide) groups is 1. The molecule has 1 aromatic carbocycles. The third kappa shape index (κ3) is 3.94. The highest BCUT2D eigenvalue weighted by Gasteiger charge is 2.33. The number of ether oxygens (including phenoxy) is 3. The first-order chi connectivity index (χ1) is 12.3. The minimum atomic E-state index is -0.986. The highest BCUT2D eigenvalue weighted by molar-refractivity contribution is 8.26. The molecule has 0 aromatic heterocycles. The van der Waals surface area contributed by atoms with Gasteiger partial charge in [-0.2, -0.15) is 0 Å². The zero-order chi connectivity index (χ0) is 19.4. The molecular weight excluding hydrogens is 378 g/mol. The zero-order valence-electron chi connectivity index (χ0n) is 14.8. The first-order valence-electron chi connectivity index (χ1n) is 7.60. The van der Waals surface area contributed by atoms with Crippen molar-refractivity contribution in [3.05, 3.63) is 22.1 Å². The second-order valence-electron chi connectivity index (χ2n) is 5.35. The van der Waals surface area contributed by atoms with Crippen molar-refractivity contribution in [2.45, 2.75) is 13.3 Å². The molecule has 1 saturated heterocycles. The molecule has 0 unspecified atom stereocenters. The van der Waals surface area contributed by atoms with Crippen LogP contribution in [0.3, 0.4) is 0 Å². The number of carbonyl (C=O) groups is 2. The number of amides is 1. The van der Waals surface area contributed by atoms with Gasteiger partial charge in [-0.1, -0.05) is 24.0 Å². The normalized spacial score (nSPS) is 15.5. The van der Waals surface area contributed by atoms with Gasteiger partial charge in [-0.05, 0) is 24.6 Å². The van der Waals surface area contributed by atoms with Gasteiger partial charge in [0.2, 0.25) is 5.75 Å². The first kappa shape index (κ1) is 20.1. The van der Waals surface area contributed by atoms with Crippen LogP contribution in [-0.2, 0) is 9.59 Å². The van der Waals surface area contributed by atoms with E-state index in [1.807, 2.05) is 6.92 Å². The average Bonchev–Trinajstić information content (AvgIpc) is 2.87. The predicted octanol–water partition coefficient (Wildman–Crippen LogP) is 2.70. The van der Waals surface area contributed by atoms with Crippen LogP contribution in [0.15, 0.2) is 11.0 Å². The van der Waals surface area contributed by atoms with Crippen LogP contribution in [-0.4, -0.2) is 54.1 Å². The van der Waals surface area contributed by atoms with E-state index in [1.54, 1.807) is 12.1 Å². The molecule has 1 heterocycles. The van der Waals surface area contributed by atoms with Crippen LogP contribution in [0, 0.1) is 6.92 Å². The Balaban J connectivity index is 2.45. The first-order valence-corrected chi connectivity index (χ1v) is 8.83. The Morgan fingerprint density at radius 3 is 2.46 bits per heavy atom. The molecular formula is C17H19NO6S2. The number of nitrogens with zero attached hydrogens (tertiary/aromatic N) is 1. The van der Waals surface area contributed by atoms with Gasteiger partial charge < -0.3 is 19.3 Å². The van der Waals surface area contributed by atoms with Gasteiger partial charge in [0, 0.05) is 12.1 Å². The number of aryl methyl sites for hydroxylation is 1. The van der Waals surface area contributed by atoms with E-state index in [9.17, 15) is 9.59 Å². The zero-order valence-corrected chi connectivity index (χ0v) is 16.5. The summed E-state index contributed by atoms with van der Waals surface area (Å²) in [4.78, 5) is 25.0. The summed E-state index contributed by atoms with van der Waals surface area (Å²) in [5.41, 5.74) is 1.50. The predicted molar refractivity (Wildman–Crippen MR) is 103 cm³/mol. The Kier molecular flexibility index (Phi) is 6.49. The van der Waals surface area contributed by atoms with Gasteiger partial charge in [-0.25, -0.2) is 0 Å². The molecule has 1 N–H and O–H groups in total. The van der Waals surface area contributed by atoms with E-state index in [0.29, 0.717) is 32.0 Å². The molecule has 26 heavy (non-hydrogen) atoms. The Morgan fingerprint density at radius 1 is 1.27 bits per heavy atom. The molecule has 7 nitrogen and oxygen atoms in total. The summed E-state index contributed by atoms with van der Waals surface area (Å²) in [7, 11) is 4.54. The number of benzene rings is 1. The van der Waals surface area contributed by atoms with Crippen molar-refractivity contribution in [2.75, 3.05) is 27.9 Å². The quantitative estimate of drug-likeness (QED) is 0.555. The average molecular weight is 397 g/mol. The van der Waals surface area contributed by atoms with E-state index in [-0.39, 0.29) is 18.9 Å². The molecule has 0 atom stereocenters. The maximum Gasteiger partial charge on any atom is 0.305 e. The van der Waals surface area contributed by atoms with E-state index in [0.717, 1.165) is 17.3 Å². The fourth-order valence-corrected chi connectivity index (χ4v) is 3.80.